The fourth-order valence-electron chi connectivity index (χ4n) is 2.27. The van der Waals surface area contributed by atoms with Gasteiger partial charge in [0.15, 0.2) is 17.3 Å². The molecule has 11 heteroatoms. The molecule has 2 heterocycles. The van der Waals surface area contributed by atoms with Gasteiger partial charge in [0.25, 0.3) is 5.91 Å². The summed E-state index contributed by atoms with van der Waals surface area (Å²) in [6, 6.07) is 3.07. The van der Waals surface area contributed by atoms with Gasteiger partial charge in [-0.05, 0) is 26.0 Å². The number of ether oxygens (including phenoxy) is 1. The summed E-state index contributed by atoms with van der Waals surface area (Å²) in [5.74, 6) is 0.498. The summed E-state index contributed by atoms with van der Waals surface area (Å²) in [6.07, 6.45) is 0. The van der Waals surface area contributed by atoms with Crippen molar-refractivity contribution in [1.82, 2.24) is 5.16 Å². The van der Waals surface area contributed by atoms with Crippen LogP contribution >= 0.6 is 58.0 Å². The molecule has 0 unspecified atom stereocenters. The Kier molecular flexibility index (Phi) is 6.37. The van der Waals surface area contributed by atoms with Crippen molar-refractivity contribution >= 4 is 69.6 Å². The van der Waals surface area contributed by atoms with Crippen LogP contribution in [0.15, 0.2) is 21.1 Å². The predicted octanol–water partition coefficient (Wildman–Crippen LogP) is 6.98. The maximum Gasteiger partial charge on any atom is 0.291 e. The van der Waals surface area contributed by atoms with E-state index in [9.17, 15) is 4.79 Å². The highest BCUT2D eigenvalue weighted by atomic mass is 35.5. The molecule has 1 aromatic carbocycles. The van der Waals surface area contributed by atoms with Crippen LogP contribution in [-0.2, 0) is 6.61 Å². The SMILES string of the molecule is Cc1noc(C)c1NC(=O)c1ccc(COc2c(Cl)c(Cl)c(Cl)c(Cl)c2Cl)o1. The van der Waals surface area contributed by atoms with E-state index in [4.69, 9.17) is 71.7 Å². The quantitative estimate of drug-likeness (QED) is 0.312. The monoisotopic (exact) mass is 482 g/mol. The van der Waals surface area contributed by atoms with Crippen LogP contribution in [0.3, 0.4) is 0 Å². The molecule has 28 heavy (non-hydrogen) atoms. The molecule has 1 N–H and O–H groups in total. The molecule has 0 radical (unpaired) electrons. The number of carbonyl (C=O) groups is 1. The maximum atomic E-state index is 12.3. The number of benzene rings is 1. The molecule has 0 bridgehead atoms. The van der Waals surface area contributed by atoms with Gasteiger partial charge in [-0.3, -0.25) is 4.79 Å². The second-order valence-corrected chi connectivity index (χ2v) is 7.50. The van der Waals surface area contributed by atoms with Crippen LogP contribution in [0.5, 0.6) is 5.75 Å². The zero-order chi connectivity index (χ0) is 20.6. The van der Waals surface area contributed by atoms with Crippen LogP contribution in [0.4, 0.5) is 5.69 Å². The van der Waals surface area contributed by atoms with Gasteiger partial charge < -0.3 is 19.0 Å². The smallest absolute Gasteiger partial charge is 0.291 e. The Bertz CT molecular complexity index is 1010. The van der Waals surface area contributed by atoms with Gasteiger partial charge >= 0.3 is 0 Å². The Morgan fingerprint density at radius 2 is 1.64 bits per heavy atom. The van der Waals surface area contributed by atoms with E-state index in [1.54, 1.807) is 19.9 Å². The number of carbonyl (C=O) groups excluding carboxylic acids is 1. The van der Waals surface area contributed by atoms with Crippen LogP contribution in [0.2, 0.25) is 25.1 Å². The number of rotatable bonds is 5. The maximum absolute atomic E-state index is 12.3. The molecular formula is C17H11Cl5N2O4. The summed E-state index contributed by atoms with van der Waals surface area (Å²) in [5.41, 5.74) is 1.05. The van der Waals surface area contributed by atoms with Gasteiger partial charge in [0, 0.05) is 0 Å². The zero-order valence-corrected chi connectivity index (χ0v) is 18.1. The lowest BCUT2D eigenvalue weighted by Gasteiger charge is -2.12. The largest absolute Gasteiger partial charge is 0.482 e. The average molecular weight is 485 g/mol. The number of aromatic nitrogens is 1. The average Bonchev–Trinajstić information content (AvgIpc) is 3.27. The minimum Gasteiger partial charge on any atom is -0.482 e. The fourth-order valence-corrected chi connectivity index (χ4v) is 3.50. The highest BCUT2D eigenvalue weighted by Gasteiger charge is 2.21. The Labute approximate surface area is 184 Å². The van der Waals surface area contributed by atoms with Gasteiger partial charge in [-0.2, -0.15) is 0 Å². The van der Waals surface area contributed by atoms with Crippen LogP contribution in [-0.4, -0.2) is 11.1 Å². The van der Waals surface area contributed by atoms with Crippen LogP contribution in [0, 0.1) is 13.8 Å². The van der Waals surface area contributed by atoms with E-state index in [1.807, 2.05) is 0 Å². The molecule has 0 fully saturated rings. The van der Waals surface area contributed by atoms with Crippen molar-refractivity contribution in [3.05, 3.63) is 60.2 Å². The predicted molar refractivity (Wildman–Crippen MR) is 108 cm³/mol. The third kappa shape index (κ3) is 4.07. The lowest BCUT2D eigenvalue weighted by atomic mass is 10.3. The third-order valence-corrected chi connectivity index (χ3v) is 5.93. The Morgan fingerprint density at radius 3 is 2.21 bits per heavy atom. The standard InChI is InChI=1S/C17H11Cl5N2O4/c1-6-15(7(2)28-24-6)23-17(25)9-4-3-8(27-9)5-26-16-13(21)11(19)10(18)12(20)14(16)22/h3-4H,5H2,1-2H3,(H,23,25). The van der Waals surface area contributed by atoms with Gasteiger partial charge in [0.05, 0.1) is 15.1 Å². The van der Waals surface area contributed by atoms with Crippen molar-refractivity contribution in [2.24, 2.45) is 0 Å². The molecule has 6 nitrogen and oxygen atoms in total. The summed E-state index contributed by atoms with van der Waals surface area (Å²) >= 11 is 30.2. The molecule has 0 spiro atoms. The molecule has 0 saturated carbocycles. The number of aryl methyl sites for hydroxylation is 2. The Balaban J connectivity index is 1.73. The van der Waals surface area contributed by atoms with Crippen molar-refractivity contribution in [2.45, 2.75) is 20.5 Å². The van der Waals surface area contributed by atoms with Crippen molar-refractivity contribution in [3.63, 3.8) is 0 Å². The first-order valence-corrected chi connectivity index (χ1v) is 9.56. The molecule has 0 saturated heterocycles. The van der Waals surface area contributed by atoms with Gasteiger partial charge in [0.1, 0.15) is 33.8 Å². The molecule has 1 amide bonds. The van der Waals surface area contributed by atoms with Gasteiger partial charge in [-0.1, -0.05) is 63.2 Å². The van der Waals surface area contributed by atoms with Crippen LogP contribution in [0.1, 0.15) is 27.8 Å². The lowest BCUT2D eigenvalue weighted by molar-refractivity contribution is 0.0992. The number of hydrogen-bond acceptors (Lipinski definition) is 5. The van der Waals surface area contributed by atoms with Gasteiger partial charge in [-0.25, -0.2) is 0 Å². The number of hydrogen-bond donors (Lipinski definition) is 1. The summed E-state index contributed by atoms with van der Waals surface area (Å²) in [5, 5.41) is 6.56. The second-order valence-electron chi connectivity index (χ2n) is 5.61. The fraction of sp³-hybridized carbons (Fsp3) is 0.176. The van der Waals surface area contributed by atoms with Gasteiger partial charge in [-0.15, -0.1) is 0 Å². The summed E-state index contributed by atoms with van der Waals surface area (Å²) in [7, 11) is 0. The number of nitrogens with one attached hydrogen (secondary N) is 1. The Morgan fingerprint density at radius 1 is 1.04 bits per heavy atom. The van der Waals surface area contributed by atoms with E-state index in [1.165, 1.54) is 6.07 Å². The van der Waals surface area contributed by atoms with E-state index in [2.05, 4.69) is 10.5 Å². The lowest BCUT2D eigenvalue weighted by Crippen LogP contribution is -2.12. The Hall–Kier alpha value is -1.57. The summed E-state index contributed by atoms with van der Waals surface area (Å²) in [4.78, 5) is 12.3. The first-order valence-electron chi connectivity index (χ1n) is 7.67. The molecule has 148 valence electrons. The topological polar surface area (TPSA) is 77.5 Å². The molecule has 3 aromatic rings. The summed E-state index contributed by atoms with van der Waals surface area (Å²) in [6.45, 7) is 3.32. The first kappa shape index (κ1) is 21.1. The van der Waals surface area contributed by atoms with E-state index in [-0.39, 0.29) is 43.2 Å². The van der Waals surface area contributed by atoms with Gasteiger partial charge in [0.2, 0.25) is 0 Å². The second kappa shape index (κ2) is 8.43. The van der Waals surface area contributed by atoms with Crippen LogP contribution < -0.4 is 10.1 Å². The number of anilines is 1. The zero-order valence-electron chi connectivity index (χ0n) is 14.3. The normalized spacial score (nSPS) is 11.0. The highest BCUT2D eigenvalue weighted by molar-refractivity contribution is 6.55. The molecule has 0 aliphatic carbocycles. The summed E-state index contributed by atoms with van der Waals surface area (Å²) < 4.78 is 16.1. The van der Waals surface area contributed by atoms with Crippen molar-refractivity contribution in [2.75, 3.05) is 5.32 Å². The number of amides is 1. The number of halogens is 5. The van der Waals surface area contributed by atoms with E-state index in [0.29, 0.717) is 22.9 Å². The van der Waals surface area contributed by atoms with Crippen molar-refractivity contribution in [3.8, 4) is 5.75 Å². The number of furan rings is 1. The number of nitrogens with zero attached hydrogens (tertiary/aromatic N) is 1. The molecule has 0 atom stereocenters. The molecule has 2 aromatic heterocycles. The molecular weight excluding hydrogens is 473 g/mol. The first-order chi connectivity index (χ1) is 13.2. The van der Waals surface area contributed by atoms with Crippen molar-refractivity contribution < 1.29 is 18.5 Å². The molecule has 3 rings (SSSR count). The minimum atomic E-state index is -0.464. The molecule has 0 aliphatic heterocycles. The van der Waals surface area contributed by atoms with Crippen LogP contribution in [0.25, 0.3) is 0 Å². The third-order valence-electron chi connectivity index (χ3n) is 3.69. The van der Waals surface area contributed by atoms with Crippen molar-refractivity contribution in [1.29, 1.82) is 0 Å². The molecule has 0 aliphatic rings. The van der Waals surface area contributed by atoms with E-state index < -0.39 is 5.91 Å². The minimum absolute atomic E-state index is 0.0176. The highest BCUT2D eigenvalue weighted by Crippen LogP contribution is 2.48. The van der Waals surface area contributed by atoms with E-state index >= 15 is 0 Å². The van der Waals surface area contributed by atoms with E-state index in [0.717, 1.165) is 0 Å².